The van der Waals surface area contributed by atoms with E-state index >= 15 is 0 Å². The van der Waals surface area contributed by atoms with E-state index in [1.54, 1.807) is 31.3 Å². The van der Waals surface area contributed by atoms with Crippen LogP contribution in [0.25, 0.3) is 22.2 Å². The molecular formula is C25H19FN4O2. The van der Waals surface area contributed by atoms with Gasteiger partial charge in [-0.05, 0) is 47.9 Å². The van der Waals surface area contributed by atoms with Crippen molar-refractivity contribution in [3.63, 3.8) is 0 Å². The molecule has 0 fully saturated rings. The molecule has 2 amide bonds. The van der Waals surface area contributed by atoms with Crippen molar-refractivity contribution in [2.45, 2.75) is 13.5 Å². The largest absolute Gasteiger partial charge is 0.354 e. The normalized spacial score (nSPS) is 12.5. The van der Waals surface area contributed by atoms with Gasteiger partial charge in [0.2, 0.25) is 0 Å². The summed E-state index contributed by atoms with van der Waals surface area (Å²) in [6.07, 6.45) is 1.62. The first kappa shape index (κ1) is 19.7. The van der Waals surface area contributed by atoms with Gasteiger partial charge in [-0.1, -0.05) is 36.4 Å². The molecule has 3 N–H and O–H groups in total. The number of hydrogen-bond acceptors (Lipinski definition) is 3. The molecule has 7 heteroatoms. The Hall–Kier alpha value is -4.26. The summed E-state index contributed by atoms with van der Waals surface area (Å²) < 4.78 is 13.3. The van der Waals surface area contributed by atoms with Crippen LogP contribution >= 0.6 is 0 Å². The Morgan fingerprint density at radius 2 is 1.91 bits per heavy atom. The predicted octanol–water partition coefficient (Wildman–Crippen LogP) is 4.29. The number of H-pyrrole nitrogens is 1. The highest BCUT2D eigenvalue weighted by Crippen LogP contribution is 2.33. The summed E-state index contributed by atoms with van der Waals surface area (Å²) in [6.45, 7) is 2.04. The van der Waals surface area contributed by atoms with Gasteiger partial charge in [-0.15, -0.1) is 0 Å². The lowest BCUT2D eigenvalue weighted by atomic mass is 10.00. The molecule has 2 heterocycles. The Kier molecular flexibility index (Phi) is 4.78. The van der Waals surface area contributed by atoms with Crippen LogP contribution in [0, 0.1) is 12.7 Å². The number of nitrogens with zero attached hydrogens (tertiary/aromatic N) is 1. The molecule has 1 aliphatic rings. The highest BCUT2D eigenvalue weighted by Gasteiger charge is 2.23. The molecule has 3 aromatic carbocycles. The number of carbonyl (C=O) groups excluding carboxylic acids is 2. The minimum absolute atomic E-state index is 0.249. The topological polar surface area (TPSA) is 86.3 Å². The van der Waals surface area contributed by atoms with Crippen molar-refractivity contribution >= 4 is 28.9 Å². The fourth-order valence-corrected chi connectivity index (χ4v) is 3.98. The molecule has 0 radical (unpaired) electrons. The Balaban J connectivity index is 1.55. The van der Waals surface area contributed by atoms with E-state index in [0.29, 0.717) is 22.0 Å². The van der Waals surface area contributed by atoms with Gasteiger partial charge in [0, 0.05) is 28.6 Å². The summed E-state index contributed by atoms with van der Waals surface area (Å²) in [6, 6.07) is 17.5. The number of nitrogens with one attached hydrogen (secondary N) is 3. The first-order chi connectivity index (χ1) is 15.5. The van der Waals surface area contributed by atoms with Crippen LogP contribution in [-0.2, 0) is 6.54 Å². The Morgan fingerprint density at radius 3 is 2.69 bits per heavy atom. The number of hydrogen-bond donors (Lipinski definition) is 3. The summed E-state index contributed by atoms with van der Waals surface area (Å²) in [5.74, 6) is -1.03. The van der Waals surface area contributed by atoms with E-state index < -0.39 is 0 Å². The van der Waals surface area contributed by atoms with E-state index in [1.807, 2.05) is 30.3 Å². The SMILES string of the molecule is Cc1cc(F)ccc1CNC(=O)c1cc2c3c(c(-c4ccccc4)[nH]c3c1)C=NNC2=O. The zero-order valence-electron chi connectivity index (χ0n) is 17.2. The first-order valence-corrected chi connectivity index (χ1v) is 10.1. The molecule has 0 aliphatic carbocycles. The molecule has 158 valence electrons. The average molecular weight is 426 g/mol. The lowest BCUT2D eigenvalue weighted by molar-refractivity contribution is 0.0951. The number of aryl methyl sites for hydroxylation is 1. The van der Waals surface area contributed by atoms with Crippen LogP contribution in [0.5, 0.6) is 0 Å². The molecule has 32 heavy (non-hydrogen) atoms. The maximum absolute atomic E-state index is 13.3. The monoisotopic (exact) mass is 426 g/mol. The average Bonchev–Trinajstić information content (AvgIpc) is 3.07. The highest BCUT2D eigenvalue weighted by atomic mass is 19.1. The summed E-state index contributed by atoms with van der Waals surface area (Å²) >= 11 is 0. The molecule has 5 rings (SSSR count). The Labute approximate surface area is 183 Å². The van der Waals surface area contributed by atoms with Crippen molar-refractivity contribution in [2.75, 3.05) is 0 Å². The van der Waals surface area contributed by atoms with Crippen molar-refractivity contribution in [3.05, 3.63) is 94.3 Å². The lowest BCUT2D eigenvalue weighted by Crippen LogP contribution is -2.24. The number of rotatable bonds is 4. The highest BCUT2D eigenvalue weighted by molar-refractivity contribution is 6.18. The molecule has 1 aliphatic heterocycles. The third kappa shape index (κ3) is 3.43. The second kappa shape index (κ2) is 7.77. The molecule has 0 unspecified atom stereocenters. The lowest BCUT2D eigenvalue weighted by Gasteiger charge is -2.10. The number of amides is 2. The van der Waals surface area contributed by atoms with Crippen LogP contribution in [-0.4, -0.2) is 23.0 Å². The van der Waals surface area contributed by atoms with E-state index in [-0.39, 0.29) is 24.2 Å². The number of aromatic amines is 1. The number of benzene rings is 3. The van der Waals surface area contributed by atoms with Crippen LogP contribution in [0.3, 0.4) is 0 Å². The van der Waals surface area contributed by atoms with E-state index in [0.717, 1.165) is 27.9 Å². The smallest absolute Gasteiger partial charge is 0.272 e. The number of carbonyl (C=O) groups is 2. The van der Waals surface area contributed by atoms with Gasteiger partial charge in [-0.2, -0.15) is 5.10 Å². The maximum atomic E-state index is 13.3. The van der Waals surface area contributed by atoms with E-state index in [9.17, 15) is 14.0 Å². The zero-order chi connectivity index (χ0) is 22.2. The zero-order valence-corrected chi connectivity index (χ0v) is 17.2. The van der Waals surface area contributed by atoms with Gasteiger partial charge in [-0.25, -0.2) is 9.82 Å². The van der Waals surface area contributed by atoms with Crippen molar-refractivity contribution in [1.29, 1.82) is 0 Å². The van der Waals surface area contributed by atoms with Gasteiger partial charge in [0.25, 0.3) is 11.8 Å². The molecular weight excluding hydrogens is 407 g/mol. The first-order valence-electron chi connectivity index (χ1n) is 10.1. The summed E-state index contributed by atoms with van der Waals surface area (Å²) in [4.78, 5) is 28.9. The van der Waals surface area contributed by atoms with Crippen molar-refractivity contribution in [3.8, 4) is 11.3 Å². The minimum Gasteiger partial charge on any atom is -0.354 e. The molecule has 4 aromatic rings. The third-order valence-corrected chi connectivity index (χ3v) is 5.61. The molecule has 0 atom stereocenters. The van der Waals surface area contributed by atoms with Gasteiger partial charge in [0.05, 0.1) is 17.5 Å². The maximum Gasteiger partial charge on any atom is 0.272 e. The van der Waals surface area contributed by atoms with Gasteiger partial charge in [0.15, 0.2) is 0 Å². The fraction of sp³-hybridized carbons (Fsp3) is 0.0800. The van der Waals surface area contributed by atoms with Crippen LogP contribution in [0.15, 0.2) is 65.8 Å². The third-order valence-electron chi connectivity index (χ3n) is 5.61. The number of hydrazone groups is 1. The van der Waals surface area contributed by atoms with Crippen LogP contribution in [0.4, 0.5) is 4.39 Å². The summed E-state index contributed by atoms with van der Waals surface area (Å²) in [7, 11) is 0. The van der Waals surface area contributed by atoms with Gasteiger partial charge < -0.3 is 10.3 Å². The van der Waals surface area contributed by atoms with Gasteiger partial charge >= 0.3 is 0 Å². The Morgan fingerprint density at radius 1 is 1.09 bits per heavy atom. The molecule has 0 spiro atoms. The number of halogens is 1. The molecule has 0 bridgehead atoms. The minimum atomic E-state index is -0.382. The predicted molar refractivity (Wildman–Crippen MR) is 121 cm³/mol. The van der Waals surface area contributed by atoms with Crippen molar-refractivity contribution in [1.82, 2.24) is 15.7 Å². The van der Waals surface area contributed by atoms with Gasteiger partial charge in [0.1, 0.15) is 5.82 Å². The van der Waals surface area contributed by atoms with Crippen molar-refractivity contribution in [2.24, 2.45) is 5.10 Å². The van der Waals surface area contributed by atoms with Crippen molar-refractivity contribution < 1.29 is 14.0 Å². The van der Waals surface area contributed by atoms with E-state index in [2.05, 4.69) is 20.8 Å². The quantitative estimate of drug-likeness (QED) is 0.455. The molecule has 6 nitrogen and oxygen atoms in total. The second-order valence-electron chi connectivity index (χ2n) is 7.68. The molecule has 1 aromatic heterocycles. The standard InChI is InChI=1S/C25H19FN4O2/c1-14-9-18(26)8-7-16(14)12-27-24(31)17-10-19-22-20(13-28-30-25(19)32)23(29-21(22)11-17)15-5-3-2-4-6-15/h2-11,13,29H,12H2,1H3,(H,27,31)(H,30,32). The summed E-state index contributed by atoms with van der Waals surface area (Å²) in [5, 5.41) is 7.61. The molecule has 0 saturated heterocycles. The fourth-order valence-electron chi connectivity index (χ4n) is 3.98. The number of aromatic nitrogens is 1. The molecule has 0 saturated carbocycles. The Bertz CT molecular complexity index is 1410. The van der Waals surface area contributed by atoms with Crippen LogP contribution < -0.4 is 10.7 Å². The second-order valence-corrected chi connectivity index (χ2v) is 7.68. The van der Waals surface area contributed by atoms with Crippen LogP contribution in [0.1, 0.15) is 37.4 Å². The van der Waals surface area contributed by atoms with Gasteiger partial charge in [-0.3, -0.25) is 9.59 Å². The van der Waals surface area contributed by atoms with E-state index in [4.69, 9.17) is 0 Å². The van der Waals surface area contributed by atoms with Crippen LogP contribution in [0.2, 0.25) is 0 Å². The summed E-state index contributed by atoms with van der Waals surface area (Å²) in [5.41, 5.74) is 8.01. The van der Waals surface area contributed by atoms with E-state index in [1.165, 1.54) is 12.1 Å².